The third kappa shape index (κ3) is 3.96. The number of benzene rings is 7. The molecule has 9 aromatic rings. The Bertz CT molecular complexity index is 2460. The van der Waals surface area contributed by atoms with Crippen LogP contribution >= 0.6 is 0 Å². The SMILES string of the molecule is c1ccc(-c2ccc3c(c2)c2ccccc2n3-c2ccc(-c3ccc(-c4ccc5oc6ccccc6c5c4)cc3)cc2)cc1. The van der Waals surface area contributed by atoms with Crippen molar-refractivity contribution in [1.29, 1.82) is 0 Å². The summed E-state index contributed by atoms with van der Waals surface area (Å²) >= 11 is 0. The van der Waals surface area contributed by atoms with Gasteiger partial charge < -0.3 is 8.98 Å². The van der Waals surface area contributed by atoms with Crippen molar-refractivity contribution in [3.8, 4) is 39.1 Å². The van der Waals surface area contributed by atoms with E-state index in [0.29, 0.717) is 0 Å². The van der Waals surface area contributed by atoms with Gasteiger partial charge in [0.05, 0.1) is 11.0 Å². The van der Waals surface area contributed by atoms with Crippen molar-refractivity contribution in [3.63, 3.8) is 0 Å². The van der Waals surface area contributed by atoms with Gasteiger partial charge in [0.25, 0.3) is 0 Å². The van der Waals surface area contributed by atoms with Crippen LogP contribution in [0.4, 0.5) is 0 Å². The summed E-state index contributed by atoms with van der Waals surface area (Å²) in [7, 11) is 0. The van der Waals surface area contributed by atoms with Crippen molar-refractivity contribution in [2.45, 2.75) is 0 Å². The molecule has 0 amide bonds. The molecule has 0 radical (unpaired) electrons. The Balaban J connectivity index is 1.06. The second-order valence-corrected chi connectivity index (χ2v) is 11.4. The molecule has 206 valence electrons. The summed E-state index contributed by atoms with van der Waals surface area (Å²) in [5.74, 6) is 0. The number of rotatable bonds is 4. The molecule has 2 nitrogen and oxygen atoms in total. The normalized spacial score (nSPS) is 11.6. The summed E-state index contributed by atoms with van der Waals surface area (Å²) in [5, 5.41) is 4.84. The van der Waals surface area contributed by atoms with Gasteiger partial charge in [-0.2, -0.15) is 0 Å². The molecule has 0 saturated heterocycles. The van der Waals surface area contributed by atoms with Gasteiger partial charge in [-0.15, -0.1) is 0 Å². The van der Waals surface area contributed by atoms with Crippen LogP contribution < -0.4 is 0 Å². The lowest BCUT2D eigenvalue weighted by Gasteiger charge is -2.10. The highest BCUT2D eigenvalue weighted by molar-refractivity contribution is 6.10. The molecule has 0 fully saturated rings. The van der Waals surface area contributed by atoms with Gasteiger partial charge in [0.1, 0.15) is 11.2 Å². The van der Waals surface area contributed by atoms with Gasteiger partial charge in [-0.25, -0.2) is 0 Å². The van der Waals surface area contributed by atoms with E-state index in [1.54, 1.807) is 0 Å². The number of aromatic nitrogens is 1. The Morgan fingerprint density at radius 3 is 1.59 bits per heavy atom. The highest BCUT2D eigenvalue weighted by atomic mass is 16.3. The molecule has 2 aromatic heterocycles. The molecule has 2 heterocycles. The largest absolute Gasteiger partial charge is 0.456 e. The van der Waals surface area contributed by atoms with Crippen LogP contribution in [0.15, 0.2) is 168 Å². The number of hydrogen-bond donors (Lipinski definition) is 0. The summed E-state index contributed by atoms with van der Waals surface area (Å²) in [5.41, 5.74) is 12.7. The molecule has 0 N–H and O–H groups in total. The number of nitrogens with zero attached hydrogens (tertiary/aromatic N) is 1. The fourth-order valence-corrected chi connectivity index (χ4v) is 6.62. The molecular weight excluding hydrogens is 534 g/mol. The molecule has 0 saturated carbocycles. The van der Waals surface area contributed by atoms with Crippen LogP contribution in [-0.4, -0.2) is 4.57 Å². The van der Waals surface area contributed by atoms with Gasteiger partial charge in [-0.3, -0.25) is 0 Å². The first-order valence-corrected chi connectivity index (χ1v) is 15.0. The summed E-state index contributed by atoms with van der Waals surface area (Å²) in [6, 6.07) is 58.6. The third-order valence-corrected chi connectivity index (χ3v) is 8.83. The van der Waals surface area contributed by atoms with Crippen LogP contribution in [-0.2, 0) is 0 Å². The lowest BCUT2D eigenvalue weighted by molar-refractivity contribution is 0.669. The minimum Gasteiger partial charge on any atom is -0.456 e. The Kier molecular flexibility index (Phi) is 5.54. The fourth-order valence-electron chi connectivity index (χ4n) is 6.62. The van der Waals surface area contributed by atoms with Gasteiger partial charge in [-0.1, -0.05) is 115 Å². The molecule has 0 aliphatic heterocycles. The van der Waals surface area contributed by atoms with Gasteiger partial charge in [0, 0.05) is 27.2 Å². The van der Waals surface area contributed by atoms with Crippen molar-refractivity contribution in [2.75, 3.05) is 0 Å². The zero-order valence-electron chi connectivity index (χ0n) is 23.9. The number of hydrogen-bond acceptors (Lipinski definition) is 1. The van der Waals surface area contributed by atoms with Crippen molar-refractivity contribution >= 4 is 43.7 Å². The van der Waals surface area contributed by atoms with E-state index in [2.05, 4.69) is 156 Å². The minimum absolute atomic E-state index is 0.923. The van der Waals surface area contributed by atoms with Gasteiger partial charge in [-0.05, 0) is 81.9 Å². The Morgan fingerprint density at radius 1 is 0.318 bits per heavy atom. The maximum absolute atomic E-state index is 6.03. The average molecular weight is 562 g/mol. The second-order valence-electron chi connectivity index (χ2n) is 11.4. The zero-order chi connectivity index (χ0) is 29.0. The summed E-state index contributed by atoms with van der Waals surface area (Å²) in [6.45, 7) is 0. The Morgan fingerprint density at radius 2 is 0.818 bits per heavy atom. The molecule has 7 aromatic carbocycles. The van der Waals surface area contributed by atoms with Gasteiger partial charge >= 0.3 is 0 Å². The topological polar surface area (TPSA) is 18.1 Å². The fraction of sp³-hybridized carbons (Fsp3) is 0. The summed E-state index contributed by atoms with van der Waals surface area (Å²) in [4.78, 5) is 0. The van der Waals surface area contributed by atoms with Crippen LogP contribution in [0.25, 0.3) is 82.8 Å². The standard InChI is InChI=1S/C42H27NO/c1-2-8-28(9-3-1)32-20-24-40-37(26-32)35-10-4-6-12-39(35)43(40)34-22-18-30(19-23-34)29-14-16-31(17-15-29)33-21-25-42-38(27-33)36-11-5-7-13-41(36)44-42/h1-27H. The Labute approximate surface area is 255 Å². The van der Waals surface area contributed by atoms with E-state index in [1.165, 1.54) is 55.2 Å². The lowest BCUT2D eigenvalue weighted by atomic mass is 9.99. The molecule has 0 spiro atoms. The number of fused-ring (bicyclic) bond motifs is 6. The minimum atomic E-state index is 0.923. The first-order chi connectivity index (χ1) is 21.8. The lowest BCUT2D eigenvalue weighted by Crippen LogP contribution is -1.93. The molecule has 0 aliphatic carbocycles. The van der Waals surface area contributed by atoms with Crippen molar-refractivity contribution in [3.05, 3.63) is 164 Å². The maximum Gasteiger partial charge on any atom is 0.135 e. The molecule has 0 atom stereocenters. The van der Waals surface area contributed by atoms with Gasteiger partial charge in [0.15, 0.2) is 0 Å². The van der Waals surface area contributed by atoms with E-state index >= 15 is 0 Å². The van der Waals surface area contributed by atoms with E-state index in [0.717, 1.165) is 27.6 Å². The van der Waals surface area contributed by atoms with Crippen LogP contribution in [0.3, 0.4) is 0 Å². The van der Waals surface area contributed by atoms with Crippen molar-refractivity contribution in [2.24, 2.45) is 0 Å². The van der Waals surface area contributed by atoms with Crippen LogP contribution in [0, 0.1) is 0 Å². The van der Waals surface area contributed by atoms with Crippen molar-refractivity contribution < 1.29 is 4.42 Å². The van der Waals surface area contributed by atoms with E-state index in [1.807, 2.05) is 12.1 Å². The predicted octanol–water partition coefficient (Wildman–Crippen LogP) is 11.7. The second kappa shape index (κ2) is 9.86. The molecule has 0 bridgehead atoms. The molecule has 0 aliphatic rings. The number of furan rings is 1. The maximum atomic E-state index is 6.03. The molecule has 0 unspecified atom stereocenters. The summed E-state index contributed by atoms with van der Waals surface area (Å²) in [6.07, 6.45) is 0. The Hall–Kier alpha value is -5.86. The molecule has 9 rings (SSSR count). The molecular formula is C42H27NO. The van der Waals surface area contributed by atoms with Crippen LogP contribution in [0.1, 0.15) is 0 Å². The summed E-state index contributed by atoms with van der Waals surface area (Å²) < 4.78 is 8.40. The average Bonchev–Trinajstić information content (AvgIpc) is 3.64. The number of para-hydroxylation sites is 2. The first-order valence-electron chi connectivity index (χ1n) is 15.0. The monoisotopic (exact) mass is 561 g/mol. The van der Waals surface area contributed by atoms with E-state index in [-0.39, 0.29) is 0 Å². The highest BCUT2D eigenvalue weighted by Gasteiger charge is 2.14. The van der Waals surface area contributed by atoms with E-state index in [4.69, 9.17) is 4.42 Å². The van der Waals surface area contributed by atoms with Gasteiger partial charge in [0.2, 0.25) is 0 Å². The molecule has 2 heteroatoms. The van der Waals surface area contributed by atoms with Crippen molar-refractivity contribution in [1.82, 2.24) is 4.57 Å². The van der Waals surface area contributed by atoms with E-state index < -0.39 is 0 Å². The third-order valence-electron chi connectivity index (χ3n) is 8.83. The highest BCUT2D eigenvalue weighted by Crippen LogP contribution is 2.36. The van der Waals surface area contributed by atoms with Crippen LogP contribution in [0.5, 0.6) is 0 Å². The van der Waals surface area contributed by atoms with E-state index in [9.17, 15) is 0 Å². The first kappa shape index (κ1) is 24.7. The molecule has 44 heavy (non-hydrogen) atoms. The van der Waals surface area contributed by atoms with Crippen LogP contribution in [0.2, 0.25) is 0 Å². The zero-order valence-corrected chi connectivity index (χ0v) is 23.9. The predicted molar refractivity (Wildman–Crippen MR) is 184 cm³/mol. The smallest absolute Gasteiger partial charge is 0.135 e. The quantitative estimate of drug-likeness (QED) is 0.209.